The maximum atomic E-state index is 10.0. The maximum absolute atomic E-state index is 10.0. The van der Waals surface area contributed by atoms with E-state index in [9.17, 15) is 4.79 Å². The lowest BCUT2D eigenvalue weighted by Crippen LogP contribution is -2.33. The minimum atomic E-state index is -0.264. The number of rotatable bonds is 1. The third-order valence-electron chi connectivity index (χ3n) is 1.11. The van der Waals surface area contributed by atoms with Crippen molar-refractivity contribution in [2.24, 2.45) is 0 Å². The first-order chi connectivity index (χ1) is 4.43. The first kappa shape index (κ1) is 6.67. The van der Waals surface area contributed by atoms with Crippen LogP contribution in [0.1, 0.15) is 0 Å². The van der Waals surface area contributed by atoms with Crippen molar-refractivity contribution in [2.75, 3.05) is 19.7 Å². The van der Waals surface area contributed by atoms with Gasteiger partial charge in [-0.2, -0.15) is 0 Å². The van der Waals surface area contributed by atoms with E-state index in [4.69, 9.17) is 4.84 Å². The van der Waals surface area contributed by atoms with E-state index in [0.29, 0.717) is 6.61 Å². The normalized spacial score (nSPS) is 29.1. The van der Waals surface area contributed by atoms with Gasteiger partial charge in [0.15, 0.2) is 0 Å². The summed E-state index contributed by atoms with van der Waals surface area (Å²) >= 11 is 0. The fraction of sp³-hybridized carbons (Fsp3) is 0.800. The van der Waals surface area contributed by atoms with Gasteiger partial charge in [0.25, 0.3) is 0 Å². The molecule has 1 atom stereocenters. The summed E-state index contributed by atoms with van der Waals surface area (Å²) in [5.74, 6) is 0. The van der Waals surface area contributed by atoms with Gasteiger partial charge < -0.3 is 5.32 Å². The SMILES string of the molecule is O=[C]C1CONCCN1. The molecule has 0 aromatic rings. The molecule has 1 fully saturated rings. The first-order valence-electron chi connectivity index (χ1n) is 2.89. The van der Waals surface area contributed by atoms with Gasteiger partial charge in [-0.05, 0) is 0 Å². The highest BCUT2D eigenvalue weighted by Crippen LogP contribution is 1.82. The van der Waals surface area contributed by atoms with Crippen LogP contribution in [0.3, 0.4) is 0 Å². The van der Waals surface area contributed by atoms with Gasteiger partial charge in [-0.1, -0.05) is 0 Å². The number of hydrogen-bond donors (Lipinski definition) is 2. The Balaban J connectivity index is 2.26. The van der Waals surface area contributed by atoms with Crippen LogP contribution in [-0.2, 0) is 9.63 Å². The van der Waals surface area contributed by atoms with Crippen molar-refractivity contribution in [3.63, 3.8) is 0 Å². The lowest BCUT2D eigenvalue weighted by atomic mass is 10.3. The monoisotopic (exact) mass is 129 g/mol. The number of hydrogen-bond acceptors (Lipinski definition) is 4. The molecule has 9 heavy (non-hydrogen) atoms. The van der Waals surface area contributed by atoms with Gasteiger partial charge in [-0.15, -0.1) is 0 Å². The van der Waals surface area contributed by atoms with Crippen LogP contribution in [-0.4, -0.2) is 32.0 Å². The minimum absolute atomic E-state index is 0.264. The smallest absolute Gasteiger partial charge is 0.219 e. The van der Waals surface area contributed by atoms with Crippen molar-refractivity contribution in [3.8, 4) is 0 Å². The zero-order valence-corrected chi connectivity index (χ0v) is 5.02. The average Bonchev–Trinajstić information content (AvgIpc) is 2.13. The van der Waals surface area contributed by atoms with Crippen LogP contribution in [0.5, 0.6) is 0 Å². The van der Waals surface area contributed by atoms with Gasteiger partial charge >= 0.3 is 0 Å². The van der Waals surface area contributed by atoms with Crippen LogP contribution < -0.4 is 10.8 Å². The summed E-state index contributed by atoms with van der Waals surface area (Å²) in [5, 5.41) is 2.92. The Labute approximate surface area is 53.5 Å². The summed E-state index contributed by atoms with van der Waals surface area (Å²) in [5.41, 5.74) is 2.67. The summed E-state index contributed by atoms with van der Waals surface area (Å²) < 4.78 is 0. The molecule has 2 N–H and O–H groups in total. The van der Waals surface area contributed by atoms with Gasteiger partial charge in [0.1, 0.15) is 0 Å². The fourth-order valence-electron chi connectivity index (χ4n) is 0.646. The highest BCUT2D eigenvalue weighted by atomic mass is 16.6. The summed E-state index contributed by atoms with van der Waals surface area (Å²) in [6.07, 6.45) is 1.82. The lowest BCUT2D eigenvalue weighted by molar-refractivity contribution is 0.0523. The molecular weight excluding hydrogens is 120 g/mol. The Hall–Kier alpha value is -0.450. The minimum Gasteiger partial charge on any atom is -0.304 e. The molecule has 1 saturated heterocycles. The van der Waals surface area contributed by atoms with E-state index >= 15 is 0 Å². The molecule has 1 aliphatic heterocycles. The van der Waals surface area contributed by atoms with Crippen molar-refractivity contribution in [1.29, 1.82) is 0 Å². The molecule has 0 aliphatic carbocycles. The van der Waals surface area contributed by atoms with Crippen molar-refractivity contribution in [2.45, 2.75) is 6.04 Å². The Morgan fingerprint density at radius 3 is 3.22 bits per heavy atom. The molecule has 0 bridgehead atoms. The summed E-state index contributed by atoms with van der Waals surface area (Å²) in [7, 11) is 0. The third kappa shape index (κ3) is 2.09. The maximum Gasteiger partial charge on any atom is 0.219 e. The van der Waals surface area contributed by atoms with Crippen molar-refractivity contribution < 1.29 is 9.63 Å². The molecule has 0 aromatic carbocycles. The topological polar surface area (TPSA) is 50.4 Å². The predicted octanol–water partition coefficient (Wildman–Crippen LogP) is -1.41. The van der Waals surface area contributed by atoms with Gasteiger partial charge in [-0.3, -0.25) is 9.63 Å². The predicted molar refractivity (Wildman–Crippen MR) is 31.4 cm³/mol. The second-order valence-electron chi connectivity index (χ2n) is 1.83. The van der Waals surface area contributed by atoms with Crippen LogP contribution >= 0.6 is 0 Å². The van der Waals surface area contributed by atoms with Crippen LogP contribution in [0, 0.1) is 0 Å². The highest BCUT2D eigenvalue weighted by Gasteiger charge is 2.09. The van der Waals surface area contributed by atoms with Gasteiger partial charge in [-0.25, -0.2) is 5.48 Å². The standard InChI is InChI=1S/C5H9N2O2/c8-3-5-4-9-7-2-1-6-5/h5-7H,1-2,4H2. The van der Waals surface area contributed by atoms with E-state index in [-0.39, 0.29) is 6.04 Å². The van der Waals surface area contributed by atoms with E-state index in [1.54, 1.807) is 0 Å². The molecule has 0 saturated carbocycles. The number of hydroxylamine groups is 1. The second kappa shape index (κ2) is 3.55. The van der Waals surface area contributed by atoms with Crippen LogP contribution in [0.4, 0.5) is 0 Å². The molecule has 1 aliphatic rings. The van der Waals surface area contributed by atoms with Crippen molar-refractivity contribution >= 4 is 6.29 Å². The van der Waals surface area contributed by atoms with Crippen molar-refractivity contribution in [1.82, 2.24) is 10.8 Å². The Morgan fingerprint density at radius 2 is 2.44 bits per heavy atom. The Morgan fingerprint density at radius 1 is 1.56 bits per heavy atom. The van der Waals surface area contributed by atoms with Gasteiger partial charge in [0.2, 0.25) is 6.29 Å². The van der Waals surface area contributed by atoms with Crippen LogP contribution in [0.25, 0.3) is 0 Å². The molecular formula is C5H9N2O2. The molecule has 1 heterocycles. The van der Waals surface area contributed by atoms with E-state index < -0.39 is 0 Å². The fourth-order valence-corrected chi connectivity index (χ4v) is 0.646. The van der Waals surface area contributed by atoms with Gasteiger partial charge in [0, 0.05) is 13.1 Å². The molecule has 4 nitrogen and oxygen atoms in total. The Bertz CT molecular complexity index is 89.0. The molecule has 51 valence electrons. The zero-order chi connectivity index (χ0) is 6.53. The summed E-state index contributed by atoms with van der Waals surface area (Å²) in [4.78, 5) is 14.8. The molecule has 0 spiro atoms. The van der Waals surface area contributed by atoms with E-state index in [0.717, 1.165) is 13.1 Å². The summed E-state index contributed by atoms with van der Waals surface area (Å²) in [6.45, 7) is 1.85. The molecule has 1 unspecified atom stereocenters. The van der Waals surface area contributed by atoms with Crippen LogP contribution in [0.2, 0.25) is 0 Å². The van der Waals surface area contributed by atoms with E-state index in [2.05, 4.69) is 10.8 Å². The Kier molecular flexibility index (Phi) is 2.63. The second-order valence-corrected chi connectivity index (χ2v) is 1.83. The average molecular weight is 129 g/mol. The molecule has 0 amide bonds. The number of nitrogens with one attached hydrogen (secondary N) is 2. The largest absolute Gasteiger partial charge is 0.304 e. The molecule has 1 rings (SSSR count). The lowest BCUT2D eigenvalue weighted by Gasteiger charge is -2.02. The van der Waals surface area contributed by atoms with Gasteiger partial charge in [0.05, 0.1) is 12.6 Å². The molecule has 0 aromatic heterocycles. The third-order valence-corrected chi connectivity index (χ3v) is 1.11. The van der Waals surface area contributed by atoms with E-state index in [1.807, 2.05) is 6.29 Å². The summed E-state index contributed by atoms with van der Waals surface area (Å²) in [6, 6.07) is -0.264. The molecule has 1 radical (unpaired) electrons. The first-order valence-corrected chi connectivity index (χ1v) is 2.89. The zero-order valence-electron chi connectivity index (χ0n) is 5.02. The number of carbonyl (C=O) groups excluding carboxylic acids is 1. The highest BCUT2D eigenvalue weighted by molar-refractivity contribution is 5.58. The quantitative estimate of drug-likeness (QED) is 0.456. The van der Waals surface area contributed by atoms with Crippen LogP contribution in [0.15, 0.2) is 0 Å². The molecule has 4 heteroatoms. The van der Waals surface area contributed by atoms with Crippen molar-refractivity contribution in [3.05, 3.63) is 0 Å². The van der Waals surface area contributed by atoms with E-state index in [1.165, 1.54) is 0 Å².